The number of aromatic nitrogens is 1. The number of methoxy groups -OCH3 is 1. The molecule has 0 saturated heterocycles. The Hall–Kier alpha value is -0.890. The van der Waals surface area contributed by atoms with Gasteiger partial charge in [0, 0.05) is 38.6 Å². The van der Waals surface area contributed by atoms with Gasteiger partial charge < -0.3 is 14.4 Å². The van der Waals surface area contributed by atoms with Gasteiger partial charge in [-0.3, -0.25) is 0 Å². The smallest absolute Gasteiger partial charge is 0.244 e. The molecular formula is C12H22N2O4S. The minimum Gasteiger partial charge on any atom is -0.390 e. The van der Waals surface area contributed by atoms with Gasteiger partial charge in [-0.15, -0.1) is 0 Å². The predicted octanol–water partition coefficient (Wildman–Crippen LogP) is 0.828. The fraction of sp³-hybridized carbons (Fsp3) is 0.667. The molecule has 1 N–H and O–H groups in total. The van der Waals surface area contributed by atoms with Crippen molar-refractivity contribution < 1.29 is 18.3 Å². The summed E-state index contributed by atoms with van der Waals surface area (Å²) in [7, 11) is -0.494. The molecule has 0 aliphatic carbocycles. The van der Waals surface area contributed by atoms with Crippen molar-refractivity contribution in [2.75, 3.05) is 27.3 Å². The van der Waals surface area contributed by atoms with Crippen LogP contribution in [0.4, 0.5) is 0 Å². The van der Waals surface area contributed by atoms with Crippen molar-refractivity contribution in [3.05, 3.63) is 18.0 Å². The SMILES string of the molecule is COCCN(C)S(=O)(=O)c1cc(CO)n(C(C)C)c1. The van der Waals surface area contributed by atoms with E-state index in [1.54, 1.807) is 10.8 Å². The second-order valence-corrected chi connectivity index (χ2v) is 6.69. The fourth-order valence-corrected chi connectivity index (χ4v) is 2.97. The lowest BCUT2D eigenvalue weighted by Crippen LogP contribution is -2.29. The standard InChI is InChI=1S/C12H22N2O4S/c1-10(2)14-8-12(7-11(14)9-15)19(16,17)13(3)5-6-18-4/h7-8,10,15H,5-6,9H2,1-4H3. The van der Waals surface area contributed by atoms with Crippen LogP contribution >= 0.6 is 0 Å². The molecule has 7 heteroatoms. The van der Waals surface area contributed by atoms with Crippen molar-refractivity contribution in [3.63, 3.8) is 0 Å². The number of hydrogen-bond donors (Lipinski definition) is 1. The van der Waals surface area contributed by atoms with E-state index in [0.29, 0.717) is 18.8 Å². The minimum atomic E-state index is -3.54. The Labute approximate surface area is 114 Å². The summed E-state index contributed by atoms with van der Waals surface area (Å²) in [5.74, 6) is 0. The highest BCUT2D eigenvalue weighted by Crippen LogP contribution is 2.21. The maximum Gasteiger partial charge on any atom is 0.244 e. The van der Waals surface area contributed by atoms with E-state index in [4.69, 9.17) is 4.74 Å². The van der Waals surface area contributed by atoms with Crippen molar-refractivity contribution >= 4 is 10.0 Å². The number of aliphatic hydroxyl groups excluding tert-OH is 1. The minimum absolute atomic E-state index is 0.0929. The molecule has 0 bridgehead atoms. The molecule has 0 fully saturated rings. The van der Waals surface area contributed by atoms with Gasteiger partial charge in [-0.1, -0.05) is 0 Å². The van der Waals surface area contributed by atoms with Crippen LogP contribution in [0.15, 0.2) is 17.2 Å². The Kier molecular flexibility index (Phi) is 5.54. The van der Waals surface area contributed by atoms with E-state index in [9.17, 15) is 13.5 Å². The highest BCUT2D eigenvalue weighted by atomic mass is 32.2. The normalized spacial score (nSPS) is 12.6. The predicted molar refractivity (Wildman–Crippen MR) is 72.4 cm³/mol. The monoisotopic (exact) mass is 290 g/mol. The van der Waals surface area contributed by atoms with Gasteiger partial charge in [-0.25, -0.2) is 8.42 Å². The average molecular weight is 290 g/mol. The summed E-state index contributed by atoms with van der Waals surface area (Å²) in [5, 5.41) is 9.28. The molecule has 110 valence electrons. The van der Waals surface area contributed by atoms with Gasteiger partial charge in [0.2, 0.25) is 10.0 Å². The van der Waals surface area contributed by atoms with Gasteiger partial charge in [0.1, 0.15) is 4.90 Å². The summed E-state index contributed by atoms with van der Waals surface area (Å²) in [6, 6.07) is 1.61. The van der Waals surface area contributed by atoms with Crippen molar-refractivity contribution in [3.8, 4) is 0 Å². The first-order valence-corrected chi connectivity index (χ1v) is 7.55. The van der Waals surface area contributed by atoms with Gasteiger partial charge in [0.05, 0.1) is 13.2 Å². The summed E-state index contributed by atoms with van der Waals surface area (Å²) in [6.07, 6.45) is 1.56. The van der Waals surface area contributed by atoms with Crippen LogP contribution < -0.4 is 0 Å². The average Bonchev–Trinajstić information content (AvgIpc) is 2.80. The quantitative estimate of drug-likeness (QED) is 0.807. The molecule has 1 rings (SSSR count). The van der Waals surface area contributed by atoms with Crippen LogP contribution in [0.5, 0.6) is 0 Å². The maximum atomic E-state index is 12.3. The molecule has 0 aromatic carbocycles. The first kappa shape index (κ1) is 16.2. The Balaban J connectivity index is 3.08. The summed E-state index contributed by atoms with van der Waals surface area (Å²) in [4.78, 5) is 0.198. The zero-order valence-corrected chi connectivity index (χ0v) is 12.6. The van der Waals surface area contributed by atoms with Crippen LogP contribution in [-0.4, -0.2) is 49.7 Å². The fourth-order valence-electron chi connectivity index (χ4n) is 1.77. The van der Waals surface area contributed by atoms with Crippen LogP contribution in [0.2, 0.25) is 0 Å². The van der Waals surface area contributed by atoms with E-state index in [1.165, 1.54) is 24.5 Å². The Bertz CT molecular complexity index is 508. The van der Waals surface area contributed by atoms with E-state index in [-0.39, 0.29) is 17.5 Å². The maximum absolute atomic E-state index is 12.3. The summed E-state index contributed by atoms with van der Waals surface area (Å²) < 4.78 is 32.5. The zero-order chi connectivity index (χ0) is 14.6. The van der Waals surface area contributed by atoms with Crippen LogP contribution in [0.3, 0.4) is 0 Å². The molecule has 0 aliphatic rings. The van der Waals surface area contributed by atoms with Crippen molar-refractivity contribution in [1.29, 1.82) is 0 Å². The van der Waals surface area contributed by atoms with Crippen LogP contribution in [-0.2, 0) is 21.4 Å². The van der Waals surface area contributed by atoms with E-state index < -0.39 is 10.0 Å². The topological polar surface area (TPSA) is 71.8 Å². The molecule has 6 nitrogen and oxygen atoms in total. The van der Waals surface area contributed by atoms with Crippen molar-refractivity contribution in [2.45, 2.75) is 31.4 Å². The number of hydrogen-bond acceptors (Lipinski definition) is 4. The molecular weight excluding hydrogens is 268 g/mol. The van der Waals surface area contributed by atoms with E-state index in [2.05, 4.69) is 0 Å². The summed E-state index contributed by atoms with van der Waals surface area (Å²) >= 11 is 0. The molecule has 0 amide bonds. The lowest BCUT2D eigenvalue weighted by atomic mass is 10.3. The molecule has 1 aromatic rings. The highest BCUT2D eigenvalue weighted by Gasteiger charge is 2.23. The molecule has 0 spiro atoms. The second-order valence-electron chi connectivity index (χ2n) is 4.65. The molecule has 0 atom stereocenters. The third kappa shape index (κ3) is 3.56. The number of sulfonamides is 1. The molecule has 1 aromatic heterocycles. The van der Waals surface area contributed by atoms with Gasteiger partial charge in [0.25, 0.3) is 0 Å². The zero-order valence-electron chi connectivity index (χ0n) is 11.8. The first-order chi connectivity index (χ1) is 8.84. The van der Waals surface area contributed by atoms with Crippen LogP contribution in [0.1, 0.15) is 25.6 Å². The molecule has 0 aliphatic heterocycles. The van der Waals surface area contributed by atoms with Crippen molar-refractivity contribution in [2.24, 2.45) is 0 Å². The number of nitrogens with zero attached hydrogens (tertiary/aromatic N) is 2. The molecule has 0 saturated carbocycles. The van der Waals surface area contributed by atoms with Gasteiger partial charge in [0.15, 0.2) is 0 Å². The number of ether oxygens (including phenoxy) is 1. The van der Waals surface area contributed by atoms with Gasteiger partial charge in [-0.05, 0) is 19.9 Å². The third-order valence-corrected chi connectivity index (χ3v) is 4.77. The highest BCUT2D eigenvalue weighted by molar-refractivity contribution is 7.89. The Morgan fingerprint density at radius 3 is 2.53 bits per heavy atom. The largest absolute Gasteiger partial charge is 0.390 e. The second kappa shape index (κ2) is 6.51. The number of aliphatic hydroxyl groups is 1. The molecule has 19 heavy (non-hydrogen) atoms. The van der Waals surface area contributed by atoms with Gasteiger partial charge >= 0.3 is 0 Å². The summed E-state index contributed by atoms with van der Waals surface area (Å²) in [5.41, 5.74) is 0.591. The number of likely N-dealkylation sites (N-methyl/N-ethyl adjacent to an activating group) is 1. The molecule has 1 heterocycles. The third-order valence-electron chi connectivity index (χ3n) is 2.94. The van der Waals surface area contributed by atoms with E-state index >= 15 is 0 Å². The Morgan fingerprint density at radius 1 is 1.47 bits per heavy atom. The van der Waals surface area contributed by atoms with Crippen molar-refractivity contribution in [1.82, 2.24) is 8.87 Å². The van der Waals surface area contributed by atoms with Crippen LogP contribution in [0, 0.1) is 0 Å². The first-order valence-electron chi connectivity index (χ1n) is 6.11. The molecule has 0 radical (unpaired) electrons. The van der Waals surface area contributed by atoms with E-state index in [1.807, 2.05) is 13.8 Å². The van der Waals surface area contributed by atoms with E-state index in [0.717, 1.165) is 0 Å². The lowest BCUT2D eigenvalue weighted by molar-refractivity contribution is 0.185. The lowest BCUT2D eigenvalue weighted by Gasteiger charge is -2.15. The summed E-state index contributed by atoms with van der Waals surface area (Å²) in [6.45, 7) is 4.32. The van der Waals surface area contributed by atoms with Gasteiger partial charge in [-0.2, -0.15) is 4.31 Å². The Morgan fingerprint density at radius 2 is 2.11 bits per heavy atom. The number of rotatable bonds is 7. The van der Waals surface area contributed by atoms with Crippen LogP contribution in [0.25, 0.3) is 0 Å². The molecule has 0 unspecified atom stereocenters.